The minimum Gasteiger partial charge on any atom is -0.488 e. The molecule has 1 aromatic rings. The molecule has 1 rings (SSSR count). The maximum Gasteiger partial charge on any atom is 0.122 e. The van der Waals surface area contributed by atoms with Crippen molar-refractivity contribution in [2.45, 2.75) is 64.9 Å². The Kier molecular flexibility index (Phi) is 15.3. The van der Waals surface area contributed by atoms with E-state index in [-0.39, 0.29) is 6.10 Å². The first-order chi connectivity index (χ1) is 12.9. The van der Waals surface area contributed by atoms with Gasteiger partial charge in [-0.05, 0) is 31.9 Å². The first-order valence-corrected chi connectivity index (χ1v) is 10.3. The molecule has 0 aromatic heterocycles. The van der Waals surface area contributed by atoms with E-state index < -0.39 is 0 Å². The Hall–Kier alpha value is -1.10. The number of hydrogen-bond acceptors (Lipinski definition) is 4. The summed E-state index contributed by atoms with van der Waals surface area (Å²) in [6.07, 6.45) is 8.90. The highest BCUT2D eigenvalue weighted by Gasteiger charge is 2.11. The Labute approximate surface area is 160 Å². The van der Waals surface area contributed by atoms with Gasteiger partial charge < -0.3 is 18.9 Å². The minimum absolute atomic E-state index is 0.104. The number of hydrogen-bond donors (Lipinski definition) is 0. The number of unbranched alkanes of at least 4 members (excludes halogenated alkanes) is 5. The lowest BCUT2D eigenvalue weighted by molar-refractivity contribution is -0.00515. The predicted octanol–water partition coefficient (Wildman–Crippen LogP) is 5.25. The maximum atomic E-state index is 6.12. The molecule has 4 heteroatoms. The molecule has 0 spiro atoms. The van der Waals surface area contributed by atoms with E-state index in [1.807, 2.05) is 37.3 Å². The predicted molar refractivity (Wildman–Crippen MR) is 107 cm³/mol. The molecular weight excluding hydrogens is 328 g/mol. The van der Waals surface area contributed by atoms with Crippen LogP contribution < -0.4 is 4.74 Å². The largest absolute Gasteiger partial charge is 0.488 e. The zero-order valence-corrected chi connectivity index (χ0v) is 16.8. The van der Waals surface area contributed by atoms with Crippen LogP contribution in [0.4, 0.5) is 0 Å². The van der Waals surface area contributed by atoms with Crippen LogP contribution in [0, 0.1) is 0 Å². The number of ether oxygens (including phenoxy) is 4. The second-order valence-electron chi connectivity index (χ2n) is 6.49. The lowest BCUT2D eigenvalue weighted by Crippen LogP contribution is -2.24. The van der Waals surface area contributed by atoms with Gasteiger partial charge in [-0.3, -0.25) is 0 Å². The monoisotopic (exact) mass is 366 g/mol. The van der Waals surface area contributed by atoms with Crippen molar-refractivity contribution in [2.75, 3.05) is 39.6 Å². The van der Waals surface area contributed by atoms with Crippen LogP contribution in [-0.4, -0.2) is 45.7 Å². The van der Waals surface area contributed by atoms with Crippen LogP contribution in [0.1, 0.15) is 58.8 Å². The molecule has 0 bridgehead atoms. The van der Waals surface area contributed by atoms with Crippen molar-refractivity contribution in [1.82, 2.24) is 0 Å². The zero-order chi connectivity index (χ0) is 18.7. The van der Waals surface area contributed by atoms with Gasteiger partial charge in [0.25, 0.3) is 0 Å². The molecular formula is C22H38O4. The van der Waals surface area contributed by atoms with E-state index in [1.165, 1.54) is 38.5 Å². The molecule has 1 aromatic carbocycles. The van der Waals surface area contributed by atoms with Gasteiger partial charge in [0.2, 0.25) is 0 Å². The highest BCUT2D eigenvalue weighted by molar-refractivity contribution is 5.21. The van der Waals surface area contributed by atoms with Crippen molar-refractivity contribution in [3.63, 3.8) is 0 Å². The molecule has 150 valence electrons. The van der Waals surface area contributed by atoms with Crippen molar-refractivity contribution < 1.29 is 18.9 Å². The summed E-state index contributed by atoms with van der Waals surface area (Å²) in [7, 11) is 0. The number of rotatable bonds is 18. The standard InChI is InChI=1S/C22H38O4/c1-3-5-6-7-8-10-15-22(26-21-13-11-9-12-14-21)20-25-19-18-24-17-16-23-4-2/h9,11-14,22H,3-8,10,15-20H2,1-2H3. The van der Waals surface area contributed by atoms with E-state index in [9.17, 15) is 0 Å². The van der Waals surface area contributed by atoms with E-state index in [0.29, 0.717) is 33.0 Å². The molecule has 0 amide bonds. The molecule has 0 heterocycles. The van der Waals surface area contributed by atoms with Gasteiger partial charge in [0.05, 0.1) is 33.0 Å². The number of para-hydroxylation sites is 1. The molecule has 0 saturated carbocycles. The first-order valence-electron chi connectivity index (χ1n) is 10.3. The summed E-state index contributed by atoms with van der Waals surface area (Å²) < 4.78 is 22.6. The Balaban J connectivity index is 2.20. The third-order valence-corrected chi connectivity index (χ3v) is 4.18. The summed E-state index contributed by atoms with van der Waals surface area (Å²) in [5.74, 6) is 0.917. The molecule has 26 heavy (non-hydrogen) atoms. The van der Waals surface area contributed by atoms with E-state index in [1.54, 1.807) is 0 Å². The number of benzene rings is 1. The van der Waals surface area contributed by atoms with Crippen molar-refractivity contribution in [3.8, 4) is 5.75 Å². The Bertz CT molecular complexity index is 396. The van der Waals surface area contributed by atoms with Gasteiger partial charge in [0.1, 0.15) is 11.9 Å². The average Bonchev–Trinajstić information content (AvgIpc) is 2.67. The summed E-state index contributed by atoms with van der Waals surface area (Å²) >= 11 is 0. The fourth-order valence-electron chi connectivity index (χ4n) is 2.72. The van der Waals surface area contributed by atoms with Crippen LogP contribution >= 0.6 is 0 Å². The van der Waals surface area contributed by atoms with Crippen LogP contribution in [0.15, 0.2) is 30.3 Å². The van der Waals surface area contributed by atoms with Gasteiger partial charge in [-0.15, -0.1) is 0 Å². The third-order valence-electron chi connectivity index (χ3n) is 4.18. The zero-order valence-electron chi connectivity index (χ0n) is 16.8. The second-order valence-corrected chi connectivity index (χ2v) is 6.49. The van der Waals surface area contributed by atoms with Crippen molar-refractivity contribution in [1.29, 1.82) is 0 Å². The summed E-state index contributed by atoms with van der Waals surface area (Å²) in [4.78, 5) is 0. The summed E-state index contributed by atoms with van der Waals surface area (Å²) in [5, 5.41) is 0. The van der Waals surface area contributed by atoms with E-state index >= 15 is 0 Å². The Morgan fingerprint density at radius 1 is 0.731 bits per heavy atom. The van der Waals surface area contributed by atoms with Crippen molar-refractivity contribution >= 4 is 0 Å². The normalized spacial score (nSPS) is 12.2. The summed E-state index contributed by atoms with van der Waals surface area (Å²) in [6, 6.07) is 10.0. The Morgan fingerprint density at radius 3 is 2.12 bits per heavy atom. The molecule has 4 nitrogen and oxygen atoms in total. The highest BCUT2D eigenvalue weighted by Crippen LogP contribution is 2.16. The quantitative estimate of drug-likeness (QED) is 0.332. The van der Waals surface area contributed by atoms with E-state index in [4.69, 9.17) is 18.9 Å². The van der Waals surface area contributed by atoms with Crippen molar-refractivity contribution in [2.24, 2.45) is 0 Å². The molecule has 0 fully saturated rings. The molecule has 0 radical (unpaired) electrons. The lowest BCUT2D eigenvalue weighted by Gasteiger charge is -2.19. The fraction of sp³-hybridized carbons (Fsp3) is 0.727. The molecule has 1 atom stereocenters. The summed E-state index contributed by atoms with van der Waals surface area (Å²) in [6.45, 7) is 8.05. The van der Waals surface area contributed by atoms with E-state index in [2.05, 4.69) is 6.92 Å². The second kappa shape index (κ2) is 17.3. The summed E-state index contributed by atoms with van der Waals surface area (Å²) in [5.41, 5.74) is 0. The van der Waals surface area contributed by atoms with Gasteiger partial charge in [-0.25, -0.2) is 0 Å². The van der Waals surface area contributed by atoms with Gasteiger partial charge in [-0.2, -0.15) is 0 Å². The lowest BCUT2D eigenvalue weighted by atomic mass is 10.1. The minimum atomic E-state index is 0.104. The topological polar surface area (TPSA) is 36.9 Å². The SMILES string of the molecule is CCCCCCCCC(COCCOCCOCC)Oc1ccccc1. The van der Waals surface area contributed by atoms with Gasteiger partial charge in [-0.1, -0.05) is 57.2 Å². The maximum absolute atomic E-state index is 6.12. The molecule has 0 saturated heterocycles. The molecule has 1 unspecified atom stereocenters. The fourth-order valence-corrected chi connectivity index (χ4v) is 2.72. The van der Waals surface area contributed by atoms with Crippen molar-refractivity contribution in [3.05, 3.63) is 30.3 Å². The average molecular weight is 367 g/mol. The molecule has 0 N–H and O–H groups in total. The van der Waals surface area contributed by atoms with Crippen LogP contribution in [0.2, 0.25) is 0 Å². The molecule has 0 aliphatic rings. The highest BCUT2D eigenvalue weighted by atomic mass is 16.6. The van der Waals surface area contributed by atoms with E-state index in [0.717, 1.165) is 18.8 Å². The smallest absolute Gasteiger partial charge is 0.122 e. The Morgan fingerprint density at radius 2 is 1.38 bits per heavy atom. The van der Waals surface area contributed by atoms with Gasteiger partial charge in [0.15, 0.2) is 0 Å². The van der Waals surface area contributed by atoms with Crippen LogP contribution in [-0.2, 0) is 14.2 Å². The van der Waals surface area contributed by atoms with Gasteiger partial charge >= 0.3 is 0 Å². The van der Waals surface area contributed by atoms with Gasteiger partial charge in [0, 0.05) is 6.61 Å². The first kappa shape index (κ1) is 22.9. The van der Waals surface area contributed by atoms with Crippen LogP contribution in [0.3, 0.4) is 0 Å². The molecule has 0 aliphatic heterocycles. The van der Waals surface area contributed by atoms with Crippen LogP contribution in [0.25, 0.3) is 0 Å². The third kappa shape index (κ3) is 13.2. The molecule has 0 aliphatic carbocycles. The van der Waals surface area contributed by atoms with Crippen LogP contribution in [0.5, 0.6) is 5.75 Å².